The van der Waals surface area contributed by atoms with E-state index >= 15 is 0 Å². The number of nitrogens with two attached hydrogens (primary N) is 1. The Balaban J connectivity index is 3.15. The van der Waals surface area contributed by atoms with Crippen LogP contribution in [-0.2, 0) is 0 Å². The van der Waals surface area contributed by atoms with Crippen molar-refractivity contribution in [3.8, 4) is 0 Å². The van der Waals surface area contributed by atoms with E-state index in [1.807, 2.05) is 0 Å². The fourth-order valence-electron chi connectivity index (χ4n) is 0.506. The van der Waals surface area contributed by atoms with Crippen molar-refractivity contribution in [3.63, 3.8) is 0 Å². The van der Waals surface area contributed by atoms with Crippen LogP contribution in [0.25, 0.3) is 0 Å². The van der Waals surface area contributed by atoms with Gasteiger partial charge in [0.05, 0.1) is 4.92 Å². The fourth-order valence-corrected chi connectivity index (χ4v) is 0.506. The van der Waals surface area contributed by atoms with Crippen molar-refractivity contribution in [3.05, 3.63) is 28.6 Å². The van der Waals surface area contributed by atoms with Gasteiger partial charge in [0.25, 0.3) is 0 Å². The van der Waals surface area contributed by atoms with Gasteiger partial charge in [0.1, 0.15) is 5.69 Å². The molecule has 51 valence electrons. The molecule has 1 aromatic rings. The molecule has 0 aliphatic heterocycles. The van der Waals surface area contributed by atoms with Gasteiger partial charge < -0.3 is 5.73 Å². The summed E-state index contributed by atoms with van der Waals surface area (Å²) in [6.07, 6.45) is 3.51. The smallest absolute Gasteiger partial charge is 0.320 e. The van der Waals surface area contributed by atoms with Gasteiger partial charge in [-0.1, -0.05) is 0 Å². The summed E-state index contributed by atoms with van der Waals surface area (Å²) in [5.41, 5.74) is 5.02. The molecule has 0 amide bonds. The molecule has 1 aromatic heterocycles. The van der Waals surface area contributed by atoms with Crippen molar-refractivity contribution in [1.82, 2.24) is 4.98 Å². The minimum atomic E-state index is -0.623. The highest BCUT2D eigenvalue weighted by Crippen LogP contribution is 2.16. The molecule has 0 fully saturated rings. The number of hydrogen-bond acceptors (Lipinski definition) is 4. The zero-order valence-electron chi connectivity index (χ0n) is 4.94. The number of nitro groups is 1. The lowest BCUT2D eigenvalue weighted by molar-refractivity contribution is -0.384. The Morgan fingerprint density at radius 1 is 1.80 bits per heavy atom. The summed E-state index contributed by atoms with van der Waals surface area (Å²) in [5, 5.41) is 10.1. The molecule has 1 rings (SSSR count). The Hall–Kier alpha value is -1.65. The topological polar surface area (TPSA) is 82.0 Å². The molecule has 0 spiro atoms. The average molecular weight is 138 g/mol. The van der Waals surface area contributed by atoms with Crippen molar-refractivity contribution in [2.75, 3.05) is 5.73 Å². The third-order valence-corrected chi connectivity index (χ3v) is 0.955. The van der Waals surface area contributed by atoms with E-state index < -0.39 is 4.92 Å². The van der Waals surface area contributed by atoms with E-state index in [1.165, 1.54) is 12.3 Å². The molecule has 1 radical (unpaired) electrons. The second-order valence-corrected chi connectivity index (χ2v) is 1.62. The fraction of sp³-hybridized carbons (Fsp3) is 0. The highest BCUT2D eigenvalue weighted by Gasteiger charge is 2.09. The molecule has 1 heterocycles. The average Bonchev–Trinajstić information content (AvgIpc) is 1.88. The molecule has 0 aliphatic carbocycles. The van der Waals surface area contributed by atoms with Gasteiger partial charge in [-0.3, -0.25) is 10.1 Å². The van der Waals surface area contributed by atoms with E-state index in [4.69, 9.17) is 5.73 Å². The summed E-state index contributed by atoms with van der Waals surface area (Å²) in [6, 6.07) is 1.36. The van der Waals surface area contributed by atoms with Gasteiger partial charge in [0.15, 0.2) is 6.20 Å². The summed E-state index contributed by atoms with van der Waals surface area (Å²) in [4.78, 5) is 12.9. The van der Waals surface area contributed by atoms with Gasteiger partial charge in [-0.25, -0.2) is 4.98 Å². The minimum absolute atomic E-state index is 0.0833. The summed E-state index contributed by atoms with van der Waals surface area (Å²) in [6.45, 7) is 0. The quantitative estimate of drug-likeness (QED) is 0.449. The van der Waals surface area contributed by atoms with Gasteiger partial charge >= 0.3 is 5.69 Å². The normalized spacial score (nSPS) is 9.20. The minimum Gasteiger partial charge on any atom is -0.393 e. The molecule has 0 aliphatic rings. The van der Waals surface area contributed by atoms with Crippen molar-refractivity contribution in [1.29, 1.82) is 0 Å². The largest absolute Gasteiger partial charge is 0.393 e. The molecule has 0 unspecified atom stereocenters. The lowest BCUT2D eigenvalue weighted by Crippen LogP contribution is -1.95. The maximum atomic E-state index is 10.1. The van der Waals surface area contributed by atoms with Crippen LogP contribution in [0.4, 0.5) is 11.4 Å². The zero-order valence-corrected chi connectivity index (χ0v) is 4.94. The highest BCUT2D eigenvalue weighted by atomic mass is 16.6. The van der Waals surface area contributed by atoms with Crippen LogP contribution in [-0.4, -0.2) is 9.91 Å². The van der Waals surface area contributed by atoms with Crippen LogP contribution in [0, 0.1) is 16.3 Å². The molecule has 2 N–H and O–H groups in total. The summed E-state index contributed by atoms with van der Waals surface area (Å²) in [7, 11) is 0. The van der Waals surface area contributed by atoms with Gasteiger partial charge in [0.2, 0.25) is 0 Å². The SMILES string of the molecule is Nc1ccn[c]c1[N+](=O)[O-]. The number of pyridine rings is 1. The molecular formula is C5H4N3O2. The Labute approximate surface area is 56.6 Å². The molecule has 5 heteroatoms. The van der Waals surface area contributed by atoms with Gasteiger partial charge in [0, 0.05) is 6.20 Å². The number of aromatic nitrogens is 1. The van der Waals surface area contributed by atoms with E-state index in [0.717, 1.165) is 0 Å². The van der Waals surface area contributed by atoms with E-state index in [-0.39, 0.29) is 11.4 Å². The van der Waals surface area contributed by atoms with Gasteiger partial charge in [-0.15, -0.1) is 0 Å². The van der Waals surface area contributed by atoms with E-state index in [0.29, 0.717) is 0 Å². The molecule has 0 atom stereocenters. The first-order valence-corrected chi connectivity index (χ1v) is 2.48. The highest BCUT2D eigenvalue weighted by molar-refractivity contribution is 5.54. The molecule has 0 saturated heterocycles. The summed E-state index contributed by atoms with van der Waals surface area (Å²) >= 11 is 0. The van der Waals surface area contributed by atoms with Gasteiger partial charge in [-0.2, -0.15) is 0 Å². The Morgan fingerprint density at radius 2 is 2.50 bits per heavy atom. The third-order valence-electron chi connectivity index (χ3n) is 0.955. The molecule has 5 nitrogen and oxygen atoms in total. The molecular weight excluding hydrogens is 134 g/mol. The van der Waals surface area contributed by atoms with Crippen LogP contribution >= 0.6 is 0 Å². The van der Waals surface area contributed by atoms with Gasteiger partial charge in [-0.05, 0) is 6.07 Å². The first-order valence-electron chi connectivity index (χ1n) is 2.48. The number of anilines is 1. The summed E-state index contributed by atoms with van der Waals surface area (Å²) in [5.74, 6) is 0. The van der Waals surface area contributed by atoms with Crippen LogP contribution in [0.15, 0.2) is 12.3 Å². The standard InChI is InChI=1S/C5H4N3O2/c6-4-1-2-7-3-5(4)8(9)10/h1-2H,(H2,6,7). The first-order chi connectivity index (χ1) is 4.72. The number of rotatable bonds is 1. The van der Waals surface area contributed by atoms with Crippen molar-refractivity contribution >= 4 is 11.4 Å². The van der Waals surface area contributed by atoms with Crippen molar-refractivity contribution < 1.29 is 4.92 Å². The molecule has 0 saturated carbocycles. The first kappa shape index (κ1) is 6.47. The van der Waals surface area contributed by atoms with E-state index in [1.54, 1.807) is 0 Å². The lowest BCUT2D eigenvalue weighted by Gasteiger charge is -1.91. The number of nitrogens with zero attached hydrogens (tertiary/aromatic N) is 2. The number of nitrogen functional groups attached to an aromatic ring is 1. The van der Waals surface area contributed by atoms with Crippen LogP contribution in [0.2, 0.25) is 0 Å². The van der Waals surface area contributed by atoms with Crippen LogP contribution in [0.3, 0.4) is 0 Å². The lowest BCUT2D eigenvalue weighted by atomic mass is 10.4. The maximum absolute atomic E-state index is 10.1. The maximum Gasteiger partial charge on any atom is 0.320 e. The van der Waals surface area contributed by atoms with E-state index in [2.05, 4.69) is 11.2 Å². The Kier molecular flexibility index (Phi) is 1.49. The Bertz CT molecular complexity index is 261. The second-order valence-electron chi connectivity index (χ2n) is 1.62. The van der Waals surface area contributed by atoms with Crippen LogP contribution < -0.4 is 5.73 Å². The molecule has 0 bridgehead atoms. The van der Waals surface area contributed by atoms with Crippen molar-refractivity contribution in [2.45, 2.75) is 0 Å². The number of hydrogen-bond donors (Lipinski definition) is 1. The monoisotopic (exact) mass is 138 g/mol. The van der Waals surface area contributed by atoms with Crippen LogP contribution in [0.5, 0.6) is 0 Å². The zero-order chi connectivity index (χ0) is 7.56. The molecule has 0 aromatic carbocycles. The van der Waals surface area contributed by atoms with E-state index in [9.17, 15) is 10.1 Å². The predicted octanol–water partition coefficient (Wildman–Crippen LogP) is 0.372. The molecule has 10 heavy (non-hydrogen) atoms. The van der Waals surface area contributed by atoms with Crippen molar-refractivity contribution in [2.24, 2.45) is 0 Å². The summed E-state index contributed by atoms with van der Waals surface area (Å²) < 4.78 is 0. The van der Waals surface area contributed by atoms with Crippen LogP contribution in [0.1, 0.15) is 0 Å². The third kappa shape index (κ3) is 1.02. The second kappa shape index (κ2) is 2.30. The predicted molar refractivity (Wildman–Crippen MR) is 34.1 cm³/mol. The Morgan fingerprint density at radius 3 is 2.90 bits per heavy atom.